The molecule has 1 saturated heterocycles. The summed E-state index contributed by atoms with van der Waals surface area (Å²) in [5, 5.41) is 6.03. The van der Waals surface area contributed by atoms with Crippen molar-refractivity contribution in [1.29, 1.82) is 0 Å². The second kappa shape index (κ2) is 7.33. The minimum Gasteiger partial charge on any atom is -0.354 e. The molecule has 0 aliphatic carbocycles. The van der Waals surface area contributed by atoms with E-state index in [9.17, 15) is 14.4 Å². The normalized spacial score (nSPS) is 17.6. The molecule has 25 heavy (non-hydrogen) atoms. The van der Waals surface area contributed by atoms with Gasteiger partial charge >= 0.3 is 6.03 Å². The molecule has 2 heterocycles. The van der Waals surface area contributed by atoms with Crippen LogP contribution in [-0.2, 0) is 11.3 Å². The lowest BCUT2D eigenvalue weighted by Gasteiger charge is -2.21. The first-order valence-electron chi connectivity index (χ1n) is 8.32. The third-order valence-electron chi connectivity index (χ3n) is 4.23. The molecule has 0 spiro atoms. The summed E-state index contributed by atoms with van der Waals surface area (Å²) < 4.78 is 0. The van der Waals surface area contributed by atoms with E-state index in [0.717, 1.165) is 12.8 Å². The Balaban J connectivity index is 1.69. The van der Waals surface area contributed by atoms with Crippen LogP contribution in [0.2, 0.25) is 0 Å². The molecule has 8 nitrogen and oxygen atoms in total. The number of fused-ring (bicyclic) bond motifs is 1. The Morgan fingerprint density at radius 3 is 2.96 bits per heavy atom. The van der Waals surface area contributed by atoms with Gasteiger partial charge in [0.15, 0.2) is 0 Å². The van der Waals surface area contributed by atoms with Crippen LogP contribution in [0.5, 0.6) is 0 Å². The molecule has 3 amide bonds. The van der Waals surface area contributed by atoms with E-state index in [1.807, 2.05) is 0 Å². The predicted octanol–water partition coefficient (Wildman–Crippen LogP) is 0.733. The fraction of sp³-hybridized carbons (Fsp3) is 0.412. The molecular formula is C17H21N5O3. The number of hydrogen-bond acceptors (Lipinski definition) is 4. The van der Waals surface area contributed by atoms with Crippen LogP contribution in [0.3, 0.4) is 0 Å². The van der Waals surface area contributed by atoms with Crippen molar-refractivity contribution < 1.29 is 9.59 Å². The highest BCUT2D eigenvalue weighted by molar-refractivity contribution is 5.87. The Bertz CT molecular complexity index is 848. The van der Waals surface area contributed by atoms with Crippen LogP contribution in [0.15, 0.2) is 29.1 Å². The number of nitrogens with one attached hydrogen (secondary N) is 3. The molecule has 3 N–H and O–H groups in total. The lowest BCUT2D eigenvalue weighted by atomic mass is 10.1. The van der Waals surface area contributed by atoms with Gasteiger partial charge in [-0.05, 0) is 31.4 Å². The van der Waals surface area contributed by atoms with Crippen LogP contribution in [0.1, 0.15) is 25.1 Å². The first-order chi connectivity index (χ1) is 12.0. The smallest absolute Gasteiger partial charge is 0.318 e. The van der Waals surface area contributed by atoms with E-state index in [2.05, 4.69) is 20.6 Å². The molecular weight excluding hydrogens is 322 g/mol. The number of para-hydroxylation sites is 1. The zero-order valence-corrected chi connectivity index (χ0v) is 14.0. The van der Waals surface area contributed by atoms with E-state index >= 15 is 0 Å². The quantitative estimate of drug-likeness (QED) is 0.764. The maximum Gasteiger partial charge on any atom is 0.318 e. The van der Waals surface area contributed by atoms with Crippen LogP contribution in [0.25, 0.3) is 10.9 Å². The number of nitrogens with zero attached hydrogens (tertiary/aromatic N) is 2. The second-order valence-electron chi connectivity index (χ2n) is 6.17. The molecule has 0 radical (unpaired) electrons. The molecule has 0 unspecified atom stereocenters. The molecule has 1 fully saturated rings. The Morgan fingerprint density at radius 2 is 2.12 bits per heavy atom. The second-order valence-corrected chi connectivity index (χ2v) is 6.17. The number of aromatic nitrogens is 2. The van der Waals surface area contributed by atoms with Gasteiger partial charge in [0.25, 0.3) is 5.56 Å². The maximum absolute atomic E-state index is 12.3. The number of benzene rings is 1. The third kappa shape index (κ3) is 3.96. The molecule has 0 saturated carbocycles. The molecule has 1 aliphatic heterocycles. The first kappa shape index (κ1) is 16.9. The number of carbonyl (C=O) groups excluding carboxylic acids is 2. The highest BCUT2D eigenvalue weighted by Crippen LogP contribution is 2.08. The fourth-order valence-corrected chi connectivity index (χ4v) is 2.84. The SMILES string of the molecule is CN(Cc1nc2ccccc2c(=O)[nH]1)C(=O)N[C@@H]1CCCCNC1=O. The molecule has 1 atom stereocenters. The van der Waals surface area contributed by atoms with Gasteiger partial charge in [-0.2, -0.15) is 0 Å². The number of H-pyrrole nitrogens is 1. The number of rotatable bonds is 3. The van der Waals surface area contributed by atoms with Crippen molar-refractivity contribution in [3.05, 3.63) is 40.4 Å². The average Bonchev–Trinajstić information content (AvgIpc) is 2.79. The van der Waals surface area contributed by atoms with Gasteiger partial charge in [0, 0.05) is 13.6 Å². The number of amides is 3. The largest absolute Gasteiger partial charge is 0.354 e. The van der Waals surface area contributed by atoms with Crippen LogP contribution in [-0.4, -0.2) is 46.4 Å². The summed E-state index contributed by atoms with van der Waals surface area (Å²) in [5.74, 6) is 0.239. The minimum absolute atomic E-state index is 0.139. The van der Waals surface area contributed by atoms with Crippen molar-refractivity contribution in [2.45, 2.75) is 31.8 Å². The van der Waals surface area contributed by atoms with E-state index in [1.54, 1.807) is 31.3 Å². The van der Waals surface area contributed by atoms with Gasteiger partial charge in [-0.1, -0.05) is 12.1 Å². The van der Waals surface area contributed by atoms with E-state index < -0.39 is 6.04 Å². The van der Waals surface area contributed by atoms with Crippen molar-refractivity contribution in [3.63, 3.8) is 0 Å². The van der Waals surface area contributed by atoms with Gasteiger partial charge in [-0.25, -0.2) is 9.78 Å². The summed E-state index contributed by atoms with van der Waals surface area (Å²) >= 11 is 0. The highest BCUT2D eigenvalue weighted by Gasteiger charge is 2.24. The average molecular weight is 343 g/mol. The van der Waals surface area contributed by atoms with Gasteiger partial charge < -0.3 is 20.5 Å². The Kier molecular flexibility index (Phi) is 4.97. The monoisotopic (exact) mass is 343 g/mol. The van der Waals surface area contributed by atoms with Crippen LogP contribution in [0.4, 0.5) is 4.79 Å². The molecule has 2 aromatic rings. The summed E-state index contributed by atoms with van der Waals surface area (Å²) in [6, 6.07) is 6.13. The summed E-state index contributed by atoms with van der Waals surface area (Å²) in [5.41, 5.74) is 0.343. The van der Waals surface area contributed by atoms with Crippen molar-refractivity contribution in [2.24, 2.45) is 0 Å². The lowest BCUT2D eigenvalue weighted by Crippen LogP contribution is -2.49. The number of urea groups is 1. The summed E-state index contributed by atoms with van der Waals surface area (Å²) in [6.45, 7) is 0.781. The molecule has 8 heteroatoms. The first-order valence-corrected chi connectivity index (χ1v) is 8.32. The zero-order chi connectivity index (χ0) is 17.8. The van der Waals surface area contributed by atoms with Crippen molar-refractivity contribution in [3.8, 4) is 0 Å². The molecule has 1 aliphatic rings. The Labute approximate surface area is 144 Å². The van der Waals surface area contributed by atoms with E-state index in [1.165, 1.54) is 4.90 Å². The summed E-state index contributed by atoms with van der Waals surface area (Å²) in [7, 11) is 1.60. The van der Waals surface area contributed by atoms with Crippen molar-refractivity contribution >= 4 is 22.8 Å². The van der Waals surface area contributed by atoms with E-state index in [0.29, 0.717) is 29.7 Å². The molecule has 132 valence electrons. The molecule has 1 aromatic heterocycles. The van der Waals surface area contributed by atoms with E-state index in [-0.39, 0.29) is 24.0 Å². The zero-order valence-electron chi connectivity index (χ0n) is 14.0. The number of aromatic amines is 1. The topological polar surface area (TPSA) is 107 Å². The van der Waals surface area contributed by atoms with Gasteiger partial charge in [-0.3, -0.25) is 9.59 Å². The molecule has 3 rings (SSSR count). The lowest BCUT2D eigenvalue weighted by molar-refractivity contribution is -0.122. The van der Waals surface area contributed by atoms with Gasteiger partial charge in [0.1, 0.15) is 11.9 Å². The summed E-state index contributed by atoms with van der Waals surface area (Å²) in [4.78, 5) is 44.8. The van der Waals surface area contributed by atoms with Crippen molar-refractivity contribution in [2.75, 3.05) is 13.6 Å². The molecule has 1 aromatic carbocycles. The third-order valence-corrected chi connectivity index (χ3v) is 4.23. The van der Waals surface area contributed by atoms with E-state index in [4.69, 9.17) is 0 Å². The molecule has 0 bridgehead atoms. The fourth-order valence-electron chi connectivity index (χ4n) is 2.84. The van der Waals surface area contributed by atoms with Gasteiger partial charge in [0.05, 0.1) is 17.4 Å². The highest BCUT2D eigenvalue weighted by atomic mass is 16.2. The maximum atomic E-state index is 12.3. The van der Waals surface area contributed by atoms with Crippen molar-refractivity contribution in [1.82, 2.24) is 25.5 Å². The number of hydrogen-bond donors (Lipinski definition) is 3. The standard InChI is InChI=1S/C17H21N5O3/c1-22(17(25)20-13-8-4-5-9-18-16(13)24)10-14-19-12-7-3-2-6-11(12)15(23)21-14/h2-3,6-7,13H,4-5,8-10H2,1H3,(H,18,24)(H,20,25)(H,19,21,23)/t13-/m1/s1. The Morgan fingerprint density at radius 1 is 1.32 bits per heavy atom. The number of carbonyl (C=O) groups is 2. The van der Waals surface area contributed by atoms with Gasteiger partial charge in [0.2, 0.25) is 5.91 Å². The van der Waals surface area contributed by atoms with Crippen LogP contribution in [0, 0.1) is 0 Å². The van der Waals surface area contributed by atoms with Crippen LogP contribution >= 0.6 is 0 Å². The summed E-state index contributed by atoms with van der Waals surface area (Å²) in [6.07, 6.45) is 2.42. The predicted molar refractivity (Wildman–Crippen MR) is 93.0 cm³/mol. The Hall–Kier alpha value is -2.90. The van der Waals surface area contributed by atoms with Crippen LogP contribution < -0.4 is 16.2 Å². The minimum atomic E-state index is -0.527. The van der Waals surface area contributed by atoms with Gasteiger partial charge in [-0.15, -0.1) is 0 Å².